The molecule has 0 saturated carbocycles. The summed E-state index contributed by atoms with van der Waals surface area (Å²) < 4.78 is 32.0. The number of hydrogen-bond donors (Lipinski definition) is 2. The van der Waals surface area contributed by atoms with Gasteiger partial charge in [-0.1, -0.05) is 18.2 Å². The summed E-state index contributed by atoms with van der Waals surface area (Å²) in [6, 6.07) is 15.3. The van der Waals surface area contributed by atoms with Crippen LogP contribution in [-0.4, -0.2) is 20.1 Å². The highest BCUT2D eigenvalue weighted by Crippen LogP contribution is 2.31. The summed E-state index contributed by atoms with van der Waals surface area (Å²) in [7, 11) is -3.62. The van der Waals surface area contributed by atoms with Gasteiger partial charge in [0, 0.05) is 11.4 Å². The molecule has 3 rings (SSSR count). The number of furan rings is 1. The zero-order valence-corrected chi connectivity index (χ0v) is 13.7. The van der Waals surface area contributed by atoms with Crippen molar-refractivity contribution in [2.75, 3.05) is 6.54 Å². The number of rotatable bonds is 6. The molecule has 120 valence electrons. The van der Waals surface area contributed by atoms with Crippen LogP contribution in [0.15, 0.2) is 70.2 Å². The average Bonchev–Trinajstić information content (AvgIpc) is 3.24. The number of benzene rings is 1. The molecule has 0 aliphatic rings. The van der Waals surface area contributed by atoms with Crippen LogP contribution in [-0.2, 0) is 10.0 Å². The number of sulfonamides is 1. The van der Waals surface area contributed by atoms with Crippen molar-refractivity contribution >= 4 is 21.4 Å². The van der Waals surface area contributed by atoms with E-state index >= 15 is 0 Å². The van der Waals surface area contributed by atoms with E-state index < -0.39 is 16.1 Å². The van der Waals surface area contributed by atoms with E-state index in [0.29, 0.717) is 4.88 Å². The first kappa shape index (κ1) is 15.9. The Morgan fingerprint density at radius 2 is 1.87 bits per heavy atom. The topological polar surface area (TPSA) is 79.5 Å². The van der Waals surface area contributed by atoms with Gasteiger partial charge in [0.15, 0.2) is 0 Å². The second-order valence-electron chi connectivity index (χ2n) is 4.86. The summed E-state index contributed by atoms with van der Waals surface area (Å²) in [4.78, 5) is 1.73. The molecule has 0 bridgehead atoms. The Hall–Kier alpha value is -1.93. The molecule has 0 radical (unpaired) electrons. The third-order valence-electron chi connectivity index (χ3n) is 3.24. The van der Waals surface area contributed by atoms with Crippen molar-refractivity contribution in [1.82, 2.24) is 4.72 Å². The molecule has 1 unspecified atom stereocenters. The molecule has 0 aliphatic carbocycles. The fraction of sp³-hybridized carbons (Fsp3) is 0.125. The standard InChI is InChI=1S/C16H15NO4S2/c18-13(11-17-23(19,20)12-5-2-1-3-6-12)15-8-9-16(22-15)14-7-4-10-21-14/h1-10,13,17-18H,11H2. The van der Waals surface area contributed by atoms with Gasteiger partial charge in [0.2, 0.25) is 10.0 Å². The summed E-state index contributed by atoms with van der Waals surface area (Å²) in [5, 5.41) is 10.2. The van der Waals surface area contributed by atoms with E-state index in [0.717, 1.165) is 10.6 Å². The molecule has 2 N–H and O–H groups in total. The first-order valence-electron chi connectivity index (χ1n) is 6.93. The molecule has 1 atom stereocenters. The summed E-state index contributed by atoms with van der Waals surface area (Å²) in [6.07, 6.45) is 0.668. The van der Waals surface area contributed by atoms with Gasteiger partial charge in [0.25, 0.3) is 0 Å². The second-order valence-corrected chi connectivity index (χ2v) is 7.74. The molecule has 0 aliphatic heterocycles. The maximum atomic E-state index is 12.1. The fourth-order valence-electron chi connectivity index (χ4n) is 2.06. The van der Waals surface area contributed by atoms with Crippen LogP contribution < -0.4 is 4.72 Å². The van der Waals surface area contributed by atoms with Crippen LogP contribution in [0.5, 0.6) is 0 Å². The lowest BCUT2D eigenvalue weighted by Crippen LogP contribution is -2.28. The van der Waals surface area contributed by atoms with E-state index in [2.05, 4.69) is 4.72 Å². The number of aliphatic hydroxyl groups excluding tert-OH is 1. The van der Waals surface area contributed by atoms with Crippen molar-refractivity contribution < 1.29 is 17.9 Å². The Kier molecular flexibility index (Phi) is 4.63. The molecule has 7 heteroatoms. The van der Waals surface area contributed by atoms with Crippen LogP contribution in [0.25, 0.3) is 10.6 Å². The first-order valence-corrected chi connectivity index (χ1v) is 9.22. The third-order valence-corrected chi connectivity index (χ3v) is 5.88. The van der Waals surface area contributed by atoms with Crippen LogP contribution >= 0.6 is 11.3 Å². The van der Waals surface area contributed by atoms with Crippen molar-refractivity contribution in [3.05, 3.63) is 65.7 Å². The van der Waals surface area contributed by atoms with E-state index in [9.17, 15) is 13.5 Å². The van der Waals surface area contributed by atoms with Gasteiger partial charge in [0.1, 0.15) is 11.9 Å². The second kappa shape index (κ2) is 6.67. The van der Waals surface area contributed by atoms with Gasteiger partial charge in [0.05, 0.1) is 16.0 Å². The van der Waals surface area contributed by atoms with Crippen LogP contribution in [0.3, 0.4) is 0 Å². The molecule has 3 aromatic rings. The number of hydrogen-bond acceptors (Lipinski definition) is 5. The van der Waals surface area contributed by atoms with E-state index in [1.54, 1.807) is 36.6 Å². The van der Waals surface area contributed by atoms with E-state index in [4.69, 9.17) is 4.42 Å². The zero-order valence-electron chi connectivity index (χ0n) is 12.0. The van der Waals surface area contributed by atoms with Crippen molar-refractivity contribution in [2.24, 2.45) is 0 Å². The highest BCUT2D eigenvalue weighted by atomic mass is 32.2. The van der Waals surface area contributed by atoms with Gasteiger partial charge in [-0.25, -0.2) is 13.1 Å². The molecule has 0 saturated heterocycles. The lowest BCUT2D eigenvalue weighted by Gasteiger charge is -2.10. The molecular formula is C16H15NO4S2. The van der Waals surface area contributed by atoms with Crippen molar-refractivity contribution in [2.45, 2.75) is 11.0 Å². The van der Waals surface area contributed by atoms with Gasteiger partial charge in [-0.2, -0.15) is 0 Å². The first-order chi connectivity index (χ1) is 11.1. The predicted octanol–water partition coefficient (Wildman–Crippen LogP) is 3.02. The lowest BCUT2D eigenvalue weighted by atomic mass is 10.3. The van der Waals surface area contributed by atoms with Gasteiger partial charge >= 0.3 is 0 Å². The van der Waals surface area contributed by atoms with Crippen molar-refractivity contribution in [1.29, 1.82) is 0 Å². The lowest BCUT2D eigenvalue weighted by molar-refractivity contribution is 0.186. The van der Waals surface area contributed by atoms with E-state index in [1.165, 1.54) is 23.5 Å². The molecule has 2 aromatic heterocycles. The highest BCUT2D eigenvalue weighted by molar-refractivity contribution is 7.89. The summed E-state index contributed by atoms with van der Waals surface area (Å²) >= 11 is 1.37. The van der Waals surface area contributed by atoms with Crippen LogP contribution in [0.4, 0.5) is 0 Å². The quantitative estimate of drug-likeness (QED) is 0.717. The van der Waals surface area contributed by atoms with Crippen molar-refractivity contribution in [3.8, 4) is 10.6 Å². The van der Waals surface area contributed by atoms with Crippen LogP contribution in [0.2, 0.25) is 0 Å². The summed E-state index contributed by atoms with van der Waals surface area (Å²) in [5.74, 6) is 0.721. The smallest absolute Gasteiger partial charge is 0.240 e. The highest BCUT2D eigenvalue weighted by Gasteiger charge is 2.18. The summed E-state index contributed by atoms with van der Waals surface area (Å²) in [5.41, 5.74) is 0. The SMILES string of the molecule is O=S(=O)(NCC(O)c1ccc(-c2ccco2)s1)c1ccccc1. The molecule has 0 amide bonds. The van der Waals surface area contributed by atoms with Gasteiger partial charge < -0.3 is 9.52 Å². The van der Waals surface area contributed by atoms with Gasteiger partial charge in [-0.05, 0) is 36.4 Å². The zero-order chi connectivity index (χ0) is 16.3. The monoisotopic (exact) mass is 349 g/mol. The average molecular weight is 349 g/mol. The Morgan fingerprint density at radius 1 is 1.09 bits per heavy atom. The molecule has 0 fully saturated rings. The van der Waals surface area contributed by atoms with E-state index in [1.807, 2.05) is 12.1 Å². The Bertz CT molecular complexity index is 855. The number of nitrogens with one attached hydrogen (secondary N) is 1. The minimum absolute atomic E-state index is 0.0880. The normalized spacial score (nSPS) is 13.1. The summed E-state index contributed by atoms with van der Waals surface area (Å²) in [6.45, 7) is -0.0880. The van der Waals surface area contributed by atoms with Crippen LogP contribution in [0.1, 0.15) is 11.0 Å². The minimum atomic E-state index is -3.62. The van der Waals surface area contributed by atoms with Gasteiger partial charge in [-0.15, -0.1) is 11.3 Å². The molecule has 23 heavy (non-hydrogen) atoms. The number of aliphatic hydroxyl groups is 1. The number of thiophene rings is 1. The molecular weight excluding hydrogens is 334 g/mol. The molecule has 1 aromatic carbocycles. The molecule has 2 heterocycles. The Balaban J connectivity index is 1.67. The molecule has 5 nitrogen and oxygen atoms in total. The largest absolute Gasteiger partial charge is 0.464 e. The van der Waals surface area contributed by atoms with Crippen molar-refractivity contribution in [3.63, 3.8) is 0 Å². The Labute approximate surface area is 138 Å². The van der Waals surface area contributed by atoms with Gasteiger partial charge in [-0.3, -0.25) is 0 Å². The predicted molar refractivity (Wildman–Crippen MR) is 88.6 cm³/mol. The third kappa shape index (κ3) is 3.70. The molecule has 0 spiro atoms. The maximum absolute atomic E-state index is 12.1. The maximum Gasteiger partial charge on any atom is 0.240 e. The Morgan fingerprint density at radius 3 is 2.57 bits per heavy atom. The van der Waals surface area contributed by atoms with E-state index in [-0.39, 0.29) is 11.4 Å². The van der Waals surface area contributed by atoms with Crippen LogP contribution in [0, 0.1) is 0 Å². The fourth-order valence-corrected chi connectivity index (χ4v) is 4.08. The minimum Gasteiger partial charge on any atom is -0.464 e.